The van der Waals surface area contributed by atoms with E-state index in [1.807, 2.05) is 0 Å². The van der Waals surface area contributed by atoms with E-state index in [1.165, 1.54) is 0 Å². The first-order valence-electron chi connectivity index (χ1n) is 6.30. The third-order valence-electron chi connectivity index (χ3n) is 2.78. The molecular weight excluding hydrogens is 554 g/mol. The van der Waals surface area contributed by atoms with Crippen molar-refractivity contribution >= 4 is 35.8 Å². The van der Waals surface area contributed by atoms with Gasteiger partial charge < -0.3 is 65.8 Å². The number of hydrogen-bond acceptors (Lipinski definition) is 9. The Morgan fingerprint density at radius 1 is 0.514 bits per heavy atom. The van der Waals surface area contributed by atoms with Crippen LogP contribution in [0.15, 0.2) is 0 Å². The van der Waals surface area contributed by atoms with Crippen molar-refractivity contribution in [1.82, 2.24) is 0 Å². The van der Waals surface area contributed by atoms with E-state index < -0.39 is 72.7 Å². The number of ether oxygens (including phenoxy) is 1. The minimum atomic E-state index is -3.09. The van der Waals surface area contributed by atoms with Crippen LogP contribution in [-0.2, 0) is 33.5 Å². The second kappa shape index (κ2) is 33.0. The Labute approximate surface area is 339 Å². The molecule has 0 aromatic carbocycles. The van der Waals surface area contributed by atoms with Crippen molar-refractivity contribution in [2.45, 2.75) is 36.9 Å². The number of aliphatic hydroxyl groups is 2. The fourth-order valence-corrected chi connectivity index (χ4v) is 1.60. The fourth-order valence-electron chi connectivity index (χ4n) is 1.60. The fraction of sp³-hybridized carbons (Fsp3) is 0.500. The summed E-state index contributed by atoms with van der Waals surface area (Å²) in [6.45, 7) is 0. The minimum Gasteiger partial charge on any atom is -1.00 e. The van der Waals surface area contributed by atoms with E-state index >= 15 is 0 Å². The monoisotopic (exact) mass is 582 g/mol. The molecule has 0 aliphatic carbocycles. The first-order valence-corrected chi connectivity index (χ1v) is 6.30. The Morgan fingerprint density at radius 2 is 0.714 bits per heavy atom. The third-order valence-corrected chi connectivity index (χ3v) is 2.78. The second-order valence-corrected chi connectivity index (χ2v) is 5.01. The minimum absolute atomic E-state index is 0. The molecule has 0 spiro atoms. The molecule has 0 saturated heterocycles. The molecular formula is C12H28Na6O17. The van der Waals surface area contributed by atoms with Crippen molar-refractivity contribution in [3.63, 3.8) is 0 Å². The number of rotatable bonds is 10. The van der Waals surface area contributed by atoms with Gasteiger partial charge >= 0.3 is 213 Å². The van der Waals surface area contributed by atoms with Crippen LogP contribution in [0.2, 0.25) is 0 Å². The van der Waals surface area contributed by atoms with Crippen LogP contribution >= 0.6 is 0 Å². The van der Waals surface area contributed by atoms with E-state index in [1.54, 1.807) is 0 Å². The molecule has 0 fully saturated rings. The Hall–Kier alpha value is 2.78. The summed E-state index contributed by atoms with van der Waals surface area (Å²) in [7, 11) is 0. The predicted octanol–water partition coefficient (Wildman–Crippen LogP) is -23.2. The van der Waals surface area contributed by atoms with Crippen LogP contribution in [0.4, 0.5) is 0 Å². The van der Waals surface area contributed by atoms with Gasteiger partial charge in [-0.15, -0.1) is 0 Å². The summed E-state index contributed by atoms with van der Waals surface area (Å²) in [5, 5.41) is 53.6. The van der Waals surface area contributed by atoms with E-state index in [2.05, 4.69) is 4.74 Å². The summed E-state index contributed by atoms with van der Waals surface area (Å²) < 4.78 is 3.99. The largest absolute Gasteiger partial charge is 1.00 e. The van der Waals surface area contributed by atoms with Gasteiger partial charge in [0.1, 0.15) is 0 Å². The molecule has 2 atom stereocenters. The molecule has 17 nitrogen and oxygen atoms in total. The maximum atomic E-state index is 11.4. The van der Waals surface area contributed by atoms with Gasteiger partial charge in [0.05, 0.1) is 25.7 Å². The average Bonchev–Trinajstić information content (AvgIpc) is 2.34. The van der Waals surface area contributed by atoms with Crippen LogP contribution in [0.5, 0.6) is 0 Å². The molecule has 0 saturated carbocycles. The number of hydrogen-bond donors (Lipinski definition) is 6. The van der Waals surface area contributed by atoms with Crippen LogP contribution in [0.25, 0.3) is 0 Å². The molecule has 0 heterocycles. The molecule has 184 valence electrons. The topological polar surface area (TPSA) is 359 Å². The number of esters is 2. The van der Waals surface area contributed by atoms with Gasteiger partial charge in [-0.1, -0.05) is 0 Å². The van der Waals surface area contributed by atoms with Crippen LogP contribution in [-0.4, -0.2) is 99.6 Å². The van der Waals surface area contributed by atoms with Crippen LogP contribution in [0, 0.1) is 0 Å². The third kappa shape index (κ3) is 29.6. The van der Waals surface area contributed by atoms with Crippen molar-refractivity contribution in [2.24, 2.45) is 0 Å². The normalized spacial score (nSPS) is 10.9. The quantitative estimate of drug-likeness (QED) is 0.0792. The summed E-state index contributed by atoms with van der Waals surface area (Å²) in [5.74, 6) is -11.2. The van der Waals surface area contributed by atoms with Gasteiger partial charge in [-0.05, 0) is 0 Å². The number of aliphatic carboxylic acids is 4. The van der Waals surface area contributed by atoms with Crippen molar-refractivity contribution < 1.29 is 272 Å². The molecule has 0 bridgehead atoms. The molecule has 2 unspecified atom stereocenters. The van der Waals surface area contributed by atoms with Gasteiger partial charge in [0.25, 0.3) is 0 Å². The van der Waals surface area contributed by atoms with E-state index in [-0.39, 0.29) is 208 Å². The van der Waals surface area contributed by atoms with Gasteiger partial charge in [-0.3, -0.25) is 19.2 Å². The standard InChI is InChI=1S/C12H14O13.6Na.4H2O.6H/c13-5(14)1-11(23,9(19)20)3-7(17)25-8(18)4-12(24,10(21)22)2-6(15)16;;;;;;;;;;;;;;;;/h23-24H,1-4H2,(H,13,14)(H,15,16)(H,19,20)(H,21,22);;;;;;;4*1H2;;;;;;/q;6*+1;;;;;6*-1. The molecule has 14 N–H and O–H groups in total. The van der Waals surface area contributed by atoms with Crippen molar-refractivity contribution in [3.05, 3.63) is 0 Å². The van der Waals surface area contributed by atoms with Crippen molar-refractivity contribution in [1.29, 1.82) is 0 Å². The summed E-state index contributed by atoms with van der Waals surface area (Å²) in [6, 6.07) is 0. The molecule has 0 rings (SSSR count). The molecule has 0 aliphatic heterocycles. The molecule has 0 aromatic rings. The van der Waals surface area contributed by atoms with Crippen molar-refractivity contribution in [2.75, 3.05) is 0 Å². The molecule has 0 amide bonds. The maximum Gasteiger partial charge on any atom is 1.00 e. The molecule has 0 aliphatic rings. The Kier molecular flexibility index (Phi) is 67.2. The van der Waals surface area contributed by atoms with Gasteiger partial charge in [0.2, 0.25) is 0 Å². The van der Waals surface area contributed by atoms with E-state index in [4.69, 9.17) is 20.4 Å². The first kappa shape index (κ1) is 71.3. The smallest absolute Gasteiger partial charge is 1.00 e. The zero-order valence-corrected chi connectivity index (χ0v) is 32.4. The maximum absolute atomic E-state index is 11.4. The predicted molar refractivity (Wildman–Crippen MR) is 91.1 cm³/mol. The molecule has 23 heteroatoms. The first-order chi connectivity index (χ1) is 11.2. The molecule has 35 heavy (non-hydrogen) atoms. The average molecular weight is 582 g/mol. The summed E-state index contributed by atoms with van der Waals surface area (Å²) in [4.78, 5) is 65.5. The van der Waals surface area contributed by atoms with E-state index in [9.17, 15) is 39.0 Å². The van der Waals surface area contributed by atoms with E-state index in [0.29, 0.717) is 0 Å². The Balaban J connectivity index is -0.0000000240. The van der Waals surface area contributed by atoms with Gasteiger partial charge in [0.15, 0.2) is 11.2 Å². The second-order valence-electron chi connectivity index (χ2n) is 5.01. The zero-order valence-electron chi connectivity index (χ0n) is 26.4. The summed E-state index contributed by atoms with van der Waals surface area (Å²) in [6.07, 6.45) is -5.73. The number of carboxylic acids is 4. The van der Waals surface area contributed by atoms with Crippen LogP contribution in [0.1, 0.15) is 34.2 Å². The van der Waals surface area contributed by atoms with E-state index in [0.717, 1.165) is 0 Å². The SMILES string of the molecule is O.O.O.O.O=C(O)CC(O)(CC(=O)OC(=O)CC(O)(CC(=O)O)C(=O)O)C(=O)O.[H-].[H-].[H-].[H-].[H-].[H-].[Na+].[Na+].[Na+].[Na+].[Na+].[Na+]. The molecule has 0 aromatic heterocycles. The Morgan fingerprint density at radius 3 is 0.857 bits per heavy atom. The van der Waals surface area contributed by atoms with Crippen LogP contribution < -0.4 is 177 Å². The van der Waals surface area contributed by atoms with Gasteiger partial charge in [-0.2, -0.15) is 0 Å². The number of carboxylic acid groups (broad SMARTS) is 4. The van der Waals surface area contributed by atoms with Gasteiger partial charge in [0, 0.05) is 0 Å². The summed E-state index contributed by atoms with van der Waals surface area (Å²) in [5.41, 5.74) is -6.18. The zero-order chi connectivity index (χ0) is 20.0. The Bertz CT molecular complexity index is 607. The summed E-state index contributed by atoms with van der Waals surface area (Å²) >= 11 is 0. The van der Waals surface area contributed by atoms with Crippen molar-refractivity contribution in [3.8, 4) is 0 Å². The number of carbonyl (C=O) groups is 6. The van der Waals surface area contributed by atoms with Gasteiger partial charge in [-0.25, -0.2) is 9.59 Å². The van der Waals surface area contributed by atoms with Crippen LogP contribution in [0.3, 0.4) is 0 Å². The number of carbonyl (C=O) groups excluding carboxylic acids is 2. The molecule has 0 radical (unpaired) electrons.